The van der Waals surface area contributed by atoms with Crippen molar-refractivity contribution >= 4 is 0 Å². The molecule has 0 radical (unpaired) electrons. The van der Waals surface area contributed by atoms with E-state index in [1.54, 1.807) is 6.20 Å². The summed E-state index contributed by atoms with van der Waals surface area (Å²) in [5.41, 5.74) is 3.98. The zero-order chi connectivity index (χ0) is 15.6. The summed E-state index contributed by atoms with van der Waals surface area (Å²) in [7, 11) is 1.99. The molecule has 0 bridgehead atoms. The number of hydrogen-bond donors (Lipinski definition) is 1. The van der Waals surface area contributed by atoms with Gasteiger partial charge in [-0.2, -0.15) is 0 Å². The Morgan fingerprint density at radius 2 is 1.52 bits per heavy atom. The van der Waals surface area contributed by atoms with Gasteiger partial charge in [0.2, 0.25) is 0 Å². The van der Waals surface area contributed by atoms with E-state index in [1.165, 1.54) is 0 Å². The molecular weight excluding hydrogens is 284 g/mol. The maximum absolute atomic E-state index is 4.84. The van der Waals surface area contributed by atoms with Gasteiger partial charge in [-0.3, -0.25) is 0 Å². The van der Waals surface area contributed by atoms with Crippen molar-refractivity contribution < 1.29 is 0 Å². The average Bonchev–Trinajstić information content (AvgIpc) is 3.22. The summed E-state index contributed by atoms with van der Waals surface area (Å²) in [6.07, 6.45) is 3.74. The summed E-state index contributed by atoms with van der Waals surface area (Å²) in [6.45, 7) is 0. The Kier molecular flexibility index (Phi) is 3.27. The number of aromatic amines is 1. The van der Waals surface area contributed by atoms with E-state index in [2.05, 4.69) is 34.2 Å². The largest absolute Gasteiger partial charge is 0.335 e. The van der Waals surface area contributed by atoms with Gasteiger partial charge in [0.15, 0.2) is 5.82 Å². The molecule has 0 aliphatic rings. The minimum Gasteiger partial charge on any atom is -0.335 e. The number of imidazole rings is 2. The first-order chi connectivity index (χ1) is 11.3. The van der Waals surface area contributed by atoms with E-state index >= 15 is 0 Å². The molecule has 0 aliphatic heterocycles. The Morgan fingerprint density at radius 1 is 0.870 bits per heavy atom. The van der Waals surface area contributed by atoms with E-state index < -0.39 is 0 Å². The maximum atomic E-state index is 4.84. The highest BCUT2D eigenvalue weighted by Crippen LogP contribution is 2.31. The summed E-state index contributed by atoms with van der Waals surface area (Å²) in [5.74, 6) is 1.72. The molecule has 4 heteroatoms. The zero-order valence-corrected chi connectivity index (χ0v) is 12.8. The van der Waals surface area contributed by atoms with Crippen LogP contribution in [0.4, 0.5) is 0 Å². The van der Waals surface area contributed by atoms with E-state index in [9.17, 15) is 0 Å². The minimum atomic E-state index is 0.849. The van der Waals surface area contributed by atoms with Crippen LogP contribution in [0.5, 0.6) is 0 Å². The van der Waals surface area contributed by atoms with E-state index in [-0.39, 0.29) is 0 Å². The Labute approximate surface area is 134 Å². The molecular formula is C19H16N4. The molecule has 2 aromatic heterocycles. The summed E-state index contributed by atoms with van der Waals surface area (Å²) in [5, 5.41) is 0. The monoisotopic (exact) mass is 300 g/mol. The van der Waals surface area contributed by atoms with E-state index in [0.29, 0.717) is 0 Å². The minimum absolute atomic E-state index is 0.849. The van der Waals surface area contributed by atoms with Crippen LogP contribution in [0.2, 0.25) is 0 Å². The fourth-order valence-electron chi connectivity index (χ4n) is 2.68. The molecule has 0 amide bonds. The number of hydrogen-bond acceptors (Lipinski definition) is 2. The van der Waals surface area contributed by atoms with E-state index in [0.717, 1.165) is 34.2 Å². The van der Waals surface area contributed by atoms with Crippen LogP contribution in [0.3, 0.4) is 0 Å². The Balaban J connectivity index is 1.93. The second-order valence-electron chi connectivity index (χ2n) is 5.40. The lowest BCUT2D eigenvalue weighted by Gasteiger charge is -2.02. The molecule has 23 heavy (non-hydrogen) atoms. The third kappa shape index (κ3) is 2.44. The third-order valence-electron chi connectivity index (χ3n) is 3.84. The number of aryl methyl sites for hydroxylation is 1. The van der Waals surface area contributed by atoms with Gasteiger partial charge in [0.1, 0.15) is 17.2 Å². The maximum Gasteiger partial charge on any atom is 0.158 e. The number of nitrogens with zero attached hydrogens (tertiary/aromatic N) is 3. The van der Waals surface area contributed by atoms with Crippen molar-refractivity contribution in [1.29, 1.82) is 0 Å². The van der Waals surface area contributed by atoms with Crippen LogP contribution in [-0.4, -0.2) is 19.5 Å². The van der Waals surface area contributed by atoms with Gasteiger partial charge in [-0.15, -0.1) is 0 Å². The van der Waals surface area contributed by atoms with Gasteiger partial charge in [-0.1, -0.05) is 60.7 Å². The summed E-state index contributed by atoms with van der Waals surface area (Å²) in [6, 6.07) is 20.3. The third-order valence-corrected chi connectivity index (χ3v) is 3.84. The Hall–Kier alpha value is -3.14. The van der Waals surface area contributed by atoms with Gasteiger partial charge in [0.05, 0.1) is 0 Å². The van der Waals surface area contributed by atoms with E-state index in [4.69, 9.17) is 4.98 Å². The van der Waals surface area contributed by atoms with Crippen LogP contribution in [0.25, 0.3) is 34.2 Å². The number of aromatic nitrogens is 4. The van der Waals surface area contributed by atoms with Gasteiger partial charge >= 0.3 is 0 Å². The molecule has 4 rings (SSSR count). The van der Waals surface area contributed by atoms with Crippen molar-refractivity contribution in [3.63, 3.8) is 0 Å². The molecule has 4 aromatic rings. The van der Waals surface area contributed by atoms with Crippen molar-refractivity contribution in [2.24, 2.45) is 7.05 Å². The molecule has 2 heterocycles. The molecule has 0 atom stereocenters. The smallest absolute Gasteiger partial charge is 0.158 e. The first-order valence-electron chi connectivity index (χ1n) is 7.51. The second kappa shape index (κ2) is 5.57. The molecule has 112 valence electrons. The van der Waals surface area contributed by atoms with Crippen molar-refractivity contribution in [2.45, 2.75) is 0 Å². The van der Waals surface area contributed by atoms with Gasteiger partial charge in [-0.05, 0) is 0 Å². The van der Waals surface area contributed by atoms with Gasteiger partial charge in [0, 0.05) is 30.6 Å². The average molecular weight is 300 g/mol. The molecule has 0 saturated carbocycles. The molecule has 4 nitrogen and oxygen atoms in total. The number of rotatable bonds is 3. The molecule has 0 spiro atoms. The highest BCUT2D eigenvalue weighted by atomic mass is 15.1. The van der Waals surface area contributed by atoms with Gasteiger partial charge < -0.3 is 9.55 Å². The standard InChI is InChI=1S/C19H16N4/c1-23-13-12-20-19(23)17-16(14-8-4-2-5-9-14)21-18(22-17)15-10-6-3-7-11-15/h2-13H,1H3,(H,21,22). The summed E-state index contributed by atoms with van der Waals surface area (Å²) in [4.78, 5) is 12.8. The summed E-state index contributed by atoms with van der Waals surface area (Å²) >= 11 is 0. The van der Waals surface area contributed by atoms with Gasteiger partial charge in [-0.25, -0.2) is 9.97 Å². The van der Waals surface area contributed by atoms with Crippen LogP contribution in [0, 0.1) is 0 Å². The molecule has 0 fully saturated rings. The topological polar surface area (TPSA) is 46.5 Å². The SMILES string of the molecule is Cn1ccnc1-c1[nH]c(-c2ccccc2)nc1-c1ccccc1. The number of nitrogens with one attached hydrogen (secondary N) is 1. The van der Waals surface area contributed by atoms with Crippen molar-refractivity contribution in [2.75, 3.05) is 0 Å². The van der Waals surface area contributed by atoms with Crippen molar-refractivity contribution in [3.05, 3.63) is 73.1 Å². The quantitative estimate of drug-likeness (QED) is 0.618. The zero-order valence-electron chi connectivity index (χ0n) is 12.8. The molecule has 1 N–H and O–H groups in total. The molecule has 0 unspecified atom stereocenters. The fraction of sp³-hybridized carbons (Fsp3) is 0.0526. The summed E-state index contributed by atoms with van der Waals surface area (Å²) < 4.78 is 1.99. The normalized spacial score (nSPS) is 10.8. The first kappa shape index (κ1) is 13.5. The van der Waals surface area contributed by atoms with Crippen LogP contribution < -0.4 is 0 Å². The lowest BCUT2D eigenvalue weighted by Crippen LogP contribution is -1.93. The number of H-pyrrole nitrogens is 1. The van der Waals surface area contributed by atoms with Crippen LogP contribution >= 0.6 is 0 Å². The molecule has 0 saturated heterocycles. The number of benzene rings is 2. The highest BCUT2D eigenvalue weighted by Gasteiger charge is 2.17. The lowest BCUT2D eigenvalue weighted by molar-refractivity contribution is 0.920. The van der Waals surface area contributed by atoms with Gasteiger partial charge in [0.25, 0.3) is 0 Å². The van der Waals surface area contributed by atoms with E-state index in [1.807, 2.05) is 54.2 Å². The Morgan fingerprint density at radius 3 is 2.13 bits per heavy atom. The fourth-order valence-corrected chi connectivity index (χ4v) is 2.68. The first-order valence-corrected chi connectivity index (χ1v) is 7.51. The van der Waals surface area contributed by atoms with Crippen LogP contribution in [0.15, 0.2) is 73.1 Å². The van der Waals surface area contributed by atoms with Crippen LogP contribution in [0.1, 0.15) is 0 Å². The van der Waals surface area contributed by atoms with Crippen molar-refractivity contribution in [1.82, 2.24) is 19.5 Å². The molecule has 0 aliphatic carbocycles. The predicted molar refractivity (Wildman–Crippen MR) is 91.7 cm³/mol. The Bertz CT molecular complexity index is 920. The molecule has 2 aromatic carbocycles. The predicted octanol–water partition coefficient (Wildman–Crippen LogP) is 4.14. The lowest BCUT2D eigenvalue weighted by atomic mass is 10.1. The van der Waals surface area contributed by atoms with Crippen LogP contribution in [-0.2, 0) is 7.05 Å². The highest BCUT2D eigenvalue weighted by molar-refractivity contribution is 5.78. The van der Waals surface area contributed by atoms with Crippen molar-refractivity contribution in [3.8, 4) is 34.2 Å². The second-order valence-corrected chi connectivity index (χ2v) is 5.40.